The topological polar surface area (TPSA) is 105 Å². The molecule has 1 aromatic heterocycles. The van der Waals surface area contributed by atoms with E-state index in [-0.39, 0.29) is 22.7 Å². The molecular weight excluding hydrogens is 330 g/mol. The number of anilines is 1. The van der Waals surface area contributed by atoms with Gasteiger partial charge in [0, 0.05) is 12.3 Å². The minimum absolute atomic E-state index is 0.0800. The lowest BCUT2D eigenvalue weighted by molar-refractivity contribution is -0.384. The fourth-order valence-electron chi connectivity index (χ4n) is 1.48. The molecule has 7 nitrogen and oxygen atoms in total. The summed E-state index contributed by atoms with van der Waals surface area (Å²) in [5.41, 5.74) is 0.102. The molecule has 2 rings (SSSR count). The number of carbonyl (C=O) groups excluding carboxylic acids is 1. The van der Waals surface area contributed by atoms with E-state index in [0.29, 0.717) is 4.60 Å². The van der Waals surface area contributed by atoms with Crippen LogP contribution in [0.25, 0.3) is 0 Å². The number of hydrogen-bond donors (Lipinski definition) is 2. The Morgan fingerprint density at radius 2 is 2.15 bits per heavy atom. The van der Waals surface area contributed by atoms with E-state index in [4.69, 9.17) is 0 Å². The average molecular weight is 338 g/mol. The van der Waals surface area contributed by atoms with Gasteiger partial charge in [-0.2, -0.15) is 0 Å². The highest BCUT2D eigenvalue weighted by molar-refractivity contribution is 9.10. The van der Waals surface area contributed by atoms with Crippen molar-refractivity contribution < 1.29 is 14.8 Å². The molecular formula is C12H8BrN3O4. The van der Waals surface area contributed by atoms with Crippen molar-refractivity contribution in [2.24, 2.45) is 0 Å². The molecule has 0 aliphatic heterocycles. The Bertz CT molecular complexity index is 690. The van der Waals surface area contributed by atoms with E-state index in [1.165, 1.54) is 18.3 Å². The van der Waals surface area contributed by atoms with E-state index in [1.54, 1.807) is 12.1 Å². The zero-order valence-corrected chi connectivity index (χ0v) is 11.5. The van der Waals surface area contributed by atoms with Crippen molar-refractivity contribution in [1.82, 2.24) is 4.98 Å². The van der Waals surface area contributed by atoms with Gasteiger partial charge in [-0.25, -0.2) is 4.98 Å². The number of nitrogens with zero attached hydrogens (tertiary/aromatic N) is 2. The van der Waals surface area contributed by atoms with Gasteiger partial charge in [-0.1, -0.05) is 0 Å². The summed E-state index contributed by atoms with van der Waals surface area (Å²) in [5.74, 6) is -0.873. The first-order valence-corrected chi connectivity index (χ1v) is 6.17. The summed E-state index contributed by atoms with van der Waals surface area (Å²) in [4.78, 5) is 25.8. The lowest BCUT2D eigenvalue weighted by Crippen LogP contribution is -2.13. The highest BCUT2D eigenvalue weighted by atomic mass is 79.9. The molecule has 0 saturated heterocycles. The Morgan fingerprint density at radius 3 is 2.75 bits per heavy atom. The van der Waals surface area contributed by atoms with Gasteiger partial charge in [0.05, 0.1) is 22.2 Å². The van der Waals surface area contributed by atoms with Gasteiger partial charge in [-0.05, 0) is 34.1 Å². The molecule has 0 aliphatic carbocycles. The molecule has 0 spiro atoms. The first kappa shape index (κ1) is 13.9. The quantitative estimate of drug-likeness (QED) is 0.387. The van der Waals surface area contributed by atoms with Crippen LogP contribution in [-0.2, 0) is 0 Å². The van der Waals surface area contributed by atoms with Crippen molar-refractivity contribution in [2.45, 2.75) is 0 Å². The van der Waals surface area contributed by atoms with Crippen LogP contribution in [0.5, 0.6) is 5.75 Å². The minimum atomic E-state index is -0.636. The minimum Gasteiger partial charge on any atom is -0.506 e. The van der Waals surface area contributed by atoms with Gasteiger partial charge in [-0.15, -0.1) is 0 Å². The zero-order valence-electron chi connectivity index (χ0n) is 9.91. The van der Waals surface area contributed by atoms with Gasteiger partial charge < -0.3 is 10.4 Å². The highest BCUT2D eigenvalue weighted by Gasteiger charge is 2.15. The third-order valence-corrected chi connectivity index (χ3v) is 3.08. The van der Waals surface area contributed by atoms with Crippen LogP contribution in [-0.4, -0.2) is 20.9 Å². The largest absolute Gasteiger partial charge is 0.506 e. The number of pyridine rings is 1. The highest BCUT2D eigenvalue weighted by Crippen LogP contribution is 2.28. The number of hydrogen-bond acceptors (Lipinski definition) is 5. The molecule has 0 fully saturated rings. The lowest BCUT2D eigenvalue weighted by atomic mass is 10.2. The summed E-state index contributed by atoms with van der Waals surface area (Å²) in [6, 6.07) is 6.56. The fraction of sp³-hybridized carbons (Fsp3) is 0. The molecule has 20 heavy (non-hydrogen) atoms. The van der Waals surface area contributed by atoms with Gasteiger partial charge in [0.2, 0.25) is 0 Å². The van der Waals surface area contributed by atoms with Gasteiger partial charge in [0.25, 0.3) is 11.6 Å². The number of non-ortho nitro benzene ring substituents is 1. The summed E-state index contributed by atoms with van der Waals surface area (Å²) >= 11 is 3.14. The molecule has 0 radical (unpaired) electrons. The number of nitro groups is 1. The molecule has 0 bridgehead atoms. The Labute approximate surface area is 121 Å². The maximum atomic E-state index is 12.0. The zero-order chi connectivity index (χ0) is 14.7. The molecule has 1 heterocycles. The Kier molecular flexibility index (Phi) is 3.94. The number of benzene rings is 1. The van der Waals surface area contributed by atoms with Gasteiger partial charge >= 0.3 is 0 Å². The van der Waals surface area contributed by atoms with Crippen LogP contribution in [0.1, 0.15) is 10.4 Å². The number of rotatable bonds is 3. The number of nitro benzene ring substituents is 1. The second-order valence-corrected chi connectivity index (χ2v) is 4.51. The average Bonchev–Trinajstić information content (AvgIpc) is 2.41. The molecule has 0 saturated carbocycles. The van der Waals surface area contributed by atoms with Crippen molar-refractivity contribution >= 4 is 33.2 Å². The number of nitrogens with one attached hydrogen (secondary N) is 1. The number of amides is 1. The summed E-state index contributed by atoms with van der Waals surface area (Å²) in [5, 5.41) is 22.7. The number of halogens is 1. The fourth-order valence-corrected chi connectivity index (χ4v) is 1.91. The van der Waals surface area contributed by atoms with Gasteiger partial charge in [0.1, 0.15) is 10.4 Å². The second kappa shape index (κ2) is 5.66. The van der Waals surface area contributed by atoms with Crippen LogP contribution in [0, 0.1) is 10.1 Å². The third-order valence-electron chi connectivity index (χ3n) is 2.44. The van der Waals surface area contributed by atoms with Crippen LogP contribution < -0.4 is 5.32 Å². The first-order chi connectivity index (χ1) is 9.49. The van der Waals surface area contributed by atoms with Crippen molar-refractivity contribution in [3.8, 4) is 5.75 Å². The molecule has 1 amide bonds. The summed E-state index contributed by atoms with van der Waals surface area (Å²) in [6.45, 7) is 0. The SMILES string of the molecule is O=C(Nc1ccc([N+](=O)[O-])cc1O)c1cccnc1Br. The number of carbonyl (C=O) groups is 1. The van der Waals surface area contributed by atoms with Crippen molar-refractivity contribution in [3.05, 3.63) is 56.8 Å². The van der Waals surface area contributed by atoms with E-state index in [9.17, 15) is 20.0 Å². The number of aromatic hydroxyl groups is 1. The normalized spacial score (nSPS) is 10.1. The summed E-state index contributed by atoms with van der Waals surface area (Å²) < 4.78 is 0.360. The summed E-state index contributed by atoms with van der Waals surface area (Å²) in [6.07, 6.45) is 1.52. The van der Waals surface area contributed by atoms with E-state index in [0.717, 1.165) is 6.07 Å². The predicted molar refractivity (Wildman–Crippen MR) is 74.7 cm³/mol. The molecule has 2 N–H and O–H groups in total. The molecule has 0 unspecified atom stereocenters. The Balaban J connectivity index is 2.25. The standard InChI is InChI=1S/C12H8BrN3O4/c13-11-8(2-1-5-14-11)12(18)15-9-4-3-7(16(19)20)6-10(9)17/h1-6,17H,(H,15,18). The smallest absolute Gasteiger partial charge is 0.273 e. The van der Waals surface area contributed by atoms with E-state index in [1.807, 2.05) is 0 Å². The Morgan fingerprint density at radius 1 is 1.40 bits per heavy atom. The first-order valence-electron chi connectivity index (χ1n) is 5.38. The summed E-state index contributed by atoms with van der Waals surface area (Å²) in [7, 11) is 0. The number of aromatic nitrogens is 1. The van der Waals surface area contributed by atoms with E-state index < -0.39 is 10.8 Å². The van der Waals surface area contributed by atoms with Crippen molar-refractivity contribution in [1.29, 1.82) is 0 Å². The number of phenolic OH excluding ortho intramolecular Hbond substituents is 1. The predicted octanol–water partition coefficient (Wildman–Crippen LogP) is 2.71. The molecule has 102 valence electrons. The van der Waals surface area contributed by atoms with Crippen molar-refractivity contribution in [2.75, 3.05) is 5.32 Å². The van der Waals surface area contributed by atoms with Crippen LogP contribution in [0.15, 0.2) is 41.1 Å². The van der Waals surface area contributed by atoms with Gasteiger partial charge in [-0.3, -0.25) is 14.9 Å². The van der Waals surface area contributed by atoms with Gasteiger partial charge in [0.15, 0.2) is 0 Å². The lowest BCUT2D eigenvalue weighted by Gasteiger charge is -2.07. The molecule has 0 aliphatic rings. The van der Waals surface area contributed by atoms with Crippen LogP contribution in [0.2, 0.25) is 0 Å². The van der Waals surface area contributed by atoms with E-state index >= 15 is 0 Å². The van der Waals surface area contributed by atoms with E-state index in [2.05, 4.69) is 26.2 Å². The third kappa shape index (κ3) is 2.91. The van der Waals surface area contributed by atoms with Crippen LogP contribution >= 0.6 is 15.9 Å². The molecule has 1 aromatic carbocycles. The molecule has 2 aromatic rings. The molecule has 0 atom stereocenters. The maximum absolute atomic E-state index is 12.0. The number of phenols is 1. The Hall–Kier alpha value is -2.48. The molecule has 8 heteroatoms. The van der Waals surface area contributed by atoms with Crippen LogP contribution in [0.3, 0.4) is 0 Å². The monoisotopic (exact) mass is 337 g/mol. The van der Waals surface area contributed by atoms with Crippen molar-refractivity contribution in [3.63, 3.8) is 0 Å². The second-order valence-electron chi connectivity index (χ2n) is 3.75. The maximum Gasteiger partial charge on any atom is 0.273 e. The van der Waals surface area contributed by atoms with Crippen LogP contribution in [0.4, 0.5) is 11.4 Å².